The van der Waals surface area contributed by atoms with Crippen LogP contribution in [0.3, 0.4) is 0 Å². The van der Waals surface area contributed by atoms with Crippen molar-refractivity contribution in [1.29, 1.82) is 0 Å². The average Bonchev–Trinajstić information content (AvgIpc) is 2.72. The van der Waals surface area contributed by atoms with Crippen LogP contribution < -0.4 is 16.0 Å². The minimum Gasteiger partial charge on any atom is -0.352 e. The zero-order valence-corrected chi connectivity index (χ0v) is 17.5. The van der Waals surface area contributed by atoms with Crippen LogP contribution in [0, 0.1) is 11.8 Å². The van der Waals surface area contributed by atoms with Gasteiger partial charge in [0.25, 0.3) is 0 Å². The van der Waals surface area contributed by atoms with Crippen molar-refractivity contribution in [3.63, 3.8) is 0 Å². The van der Waals surface area contributed by atoms with Gasteiger partial charge < -0.3 is 16.0 Å². The smallest absolute Gasteiger partial charge is 0.227 e. The Balaban J connectivity index is 0.00000280. The second-order valence-electron chi connectivity index (χ2n) is 8.03. The van der Waals surface area contributed by atoms with Crippen molar-refractivity contribution in [2.24, 2.45) is 11.8 Å². The highest BCUT2D eigenvalue weighted by Gasteiger charge is 2.21. The van der Waals surface area contributed by atoms with Crippen molar-refractivity contribution in [3.05, 3.63) is 29.8 Å². The van der Waals surface area contributed by atoms with E-state index in [2.05, 4.69) is 16.0 Å². The van der Waals surface area contributed by atoms with Gasteiger partial charge in [0.05, 0.1) is 0 Å². The molecule has 1 saturated heterocycles. The predicted molar refractivity (Wildman–Crippen MR) is 116 cm³/mol. The van der Waals surface area contributed by atoms with Gasteiger partial charge in [-0.2, -0.15) is 0 Å². The van der Waals surface area contributed by atoms with Gasteiger partial charge in [-0.05, 0) is 68.8 Å². The van der Waals surface area contributed by atoms with Gasteiger partial charge in [-0.25, -0.2) is 0 Å². The molecule has 6 heteroatoms. The summed E-state index contributed by atoms with van der Waals surface area (Å²) in [6.07, 6.45) is 9.48. The van der Waals surface area contributed by atoms with Crippen LogP contribution in [-0.4, -0.2) is 24.9 Å². The van der Waals surface area contributed by atoms with Crippen molar-refractivity contribution >= 4 is 29.9 Å². The molecule has 156 valence electrons. The van der Waals surface area contributed by atoms with Gasteiger partial charge in [0.1, 0.15) is 0 Å². The first-order valence-corrected chi connectivity index (χ1v) is 10.6. The molecular formula is C22H34ClN3O2. The maximum Gasteiger partial charge on any atom is 0.227 e. The summed E-state index contributed by atoms with van der Waals surface area (Å²) in [7, 11) is 0. The Kier molecular flexibility index (Phi) is 9.79. The average molecular weight is 408 g/mol. The largest absolute Gasteiger partial charge is 0.352 e. The highest BCUT2D eigenvalue weighted by Crippen LogP contribution is 2.25. The number of carbonyl (C=O) groups excluding carboxylic acids is 2. The van der Waals surface area contributed by atoms with Crippen LogP contribution in [0.1, 0.15) is 63.4 Å². The number of benzene rings is 1. The third-order valence-electron chi connectivity index (χ3n) is 5.90. The number of rotatable bonds is 7. The molecule has 1 saturated carbocycles. The molecule has 1 aliphatic carbocycles. The van der Waals surface area contributed by atoms with Crippen LogP contribution in [0.2, 0.25) is 0 Å². The lowest BCUT2D eigenvalue weighted by Crippen LogP contribution is -2.29. The quantitative estimate of drug-likeness (QED) is 0.639. The molecule has 5 nitrogen and oxygen atoms in total. The van der Waals surface area contributed by atoms with Crippen molar-refractivity contribution < 1.29 is 9.59 Å². The molecule has 2 amide bonds. The van der Waals surface area contributed by atoms with Crippen LogP contribution in [0.15, 0.2) is 24.3 Å². The Morgan fingerprint density at radius 2 is 1.79 bits per heavy atom. The Hall–Kier alpha value is -1.59. The summed E-state index contributed by atoms with van der Waals surface area (Å²) < 4.78 is 0. The van der Waals surface area contributed by atoms with Gasteiger partial charge in [-0.1, -0.05) is 31.4 Å². The molecule has 1 heterocycles. The number of anilines is 1. The number of hydrogen-bond acceptors (Lipinski definition) is 3. The maximum atomic E-state index is 12.4. The predicted octanol–water partition coefficient (Wildman–Crippen LogP) is 4.02. The Morgan fingerprint density at radius 3 is 2.54 bits per heavy atom. The first kappa shape index (κ1) is 22.7. The Bertz CT molecular complexity index is 626. The Morgan fingerprint density at radius 1 is 1.04 bits per heavy atom. The molecule has 0 unspecified atom stereocenters. The third kappa shape index (κ3) is 7.44. The molecule has 28 heavy (non-hydrogen) atoms. The summed E-state index contributed by atoms with van der Waals surface area (Å²) in [5.74, 6) is 1.08. The number of nitrogens with one attached hydrogen (secondary N) is 3. The normalized spacial score (nSPS) is 18.1. The van der Waals surface area contributed by atoms with E-state index in [0.29, 0.717) is 18.9 Å². The molecule has 3 N–H and O–H groups in total. The molecule has 0 aromatic heterocycles. The van der Waals surface area contributed by atoms with Crippen LogP contribution in [0.4, 0.5) is 5.69 Å². The highest BCUT2D eigenvalue weighted by molar-refractivity contribution is 5.92. The summed E-state index contributed by atoms with van der Waals surface area (Å²) >= 11 is 0. The maximum absolute atomic E-state index is 12.4. The van der Waals surface area contributed by atoms with E-state index in [4.69, 9.17) is 0 Å². The van der Waals surface area contributed by atoms with Gasteiger partial charge in [0.15, 0.2) is 0 Å². The molecule has 1 aromatic carbocycles. The first-order valence-electron chi connectivity index (χ1n) is 10.6. The first-order chi connectivity index (χ1) is 13.2. The minimum atomic E-state index is 0. The van der Waals surface area contributed by atoms with Gasteiger partial charge in [0.2, 0.25) is 11.8 Å². The second-order valence-corrected chi connectivity index (χ2v) is 8.03. The summed E-state index contributed by atoms with van der Waals surface area (Å²) in [6.45, 7) is 2.66. The van der Waals surface area contributed by atoms with Gasteiger partial charge in [-0.3, -0.25) is 9.59 Å². The lowest BCUT2D eigenvalue weighted by molar-refractivity contribution is -0.122. The Labute approximate surface area is 174 Å². The van der Waals surface area contributed by atoms with E-state index in [0.717, 1.165) is 56.4 Å². The number of halogens is 1. The molecule has 0 spiro atoms. The molecular weight excluding hydrogens is 374 g/mol. The topological polar surface area (TPSA) is 70.2 Å². The molecule has 0 atom stereocenters. The van der Waals surface area contributed by atoms with Crippen molar-refractivity contribution in [2.75, 3.05) is 18.4 Å². The fourth-order valence-electron chi connectivity index (χ4n) is 4.16. The fraction of sp³-hybridized carbons (Fsp3) is 0.636. The zero-order chi connectivity index (χ0) is 18.9. The third-order valence-corrected chi connectivity index (χ3v) is 5.90. The van der Waals surface area contributed by atoms with E-state index in [1.54, 1.807) is 0 Å². The van der Waals surface area contributed by atoms with Gasteiger partial charge >= 0.3 is 0 Å². The van der Waals surface area contributed by atoms with Gasteiger partial charge in [-0.15, -0.1) is 12.4 Å². The summed E-state index contributed by atoms with van der Waals surface area (Å²) in [5.41, 5.74) is 1.85. The van der Waals surface area contributed by atoms with E-state index in [1.165, 1.54) is 19.3 Å². The zero-order valence-electron chi connectivity index (χ0n) is 16.7. The molecule has 1 aliphatic heterocycles. The van der Waals surface area contributed by atoms with E-state index < -0.39 is 0 Å². The lowest BCUT2D eigenvalue weighted by atomic mass is 9.88. The summed E-state index contributed by atoms with van der Waals surface area (Å²) in [6, 6.07) is 7.81. The highest BCUT2D eigenvalue weighted by atomic mass is 35.5. The van der Waals surface area contributed by atoms with E-state index in [9.17, 15) is 9.59 Å². The number of hydrogen-bond donors (Lipinski definition) is 3. The minimum absolute atomic E-state index is 0. The van der Waals surface area contributed by atoms with Crippen molar-refractivity contribution in [1.82, 2.24) is 10.6 Å². The molecule has 3 rings (SSSR count). The van der Waals surface area contributed by atoms with Crippen molar-refractivity contribution in [2.45, 2.75) is 64.3 Å². The monoisotopic (exact) mass is 407 g/mol. The fourth-order valence-corrected chi connectivity index (χ4v) is 4.16. The SMILES string of the molecule is Cl.O=C(CCC1CCNCC1)NCc1cccc(NC(=O)C2CCCCC2)c1. The van der Waals surface area contributed by atoms with E-state index in [1.807, 2.05) is 24.3 Å². The van der Waals surface area contributed by atoms with E-state index in [-0.39, 0.29) is 30.1 Å². The van der Waals surface area contributed by atoms with Crippen LogP contribution in [0.5, 0.6) is 0 Å². The van der Waals surface area contributed by atoms with Crippen LogP contribution in [0.25, 0.3) is 0 Å². The molecule has 0 bridgehead atoms. The van der Waals surface area contributed by atoms with E-state index >= 15 is 0 Å². The van der Waals surface area contributed by atoms with Gasteiger partial charge in [0, 0.05) is 24.6 Å². The van der Waals surface area contributed by atoms with Crippen molar-refractivity contribution in [3.8, 4) is 0 Å². The standard InChI is InChI=1S/C22H33N3O2.ClH/c26-21(10-9-17-11-13-23-14-12-17)24-16-18-5-4-8-20(15-18)25-22(27)19-6-2-1-3-7-19;/h4-5,8,15,17,19,23H,1-3,6-7,9-14,16H2,(H,24,26)(H,25,27);1H. The second kappa shape index (κ2) is 12.1. The molecule has 0 radical (unpaired) electrons. The summed E-state index contributed by atoms with van der Waals surface area (Å²) in [4.78, 5) is 24.5. The lowest BCUT2D eigenvalue weighted by Gasteiger charge is -2.22. The molecule has 2 aliphatic rings. The number of amides is 2. The number of piperidine rings is 1. The molecule has 2 fully saturated rings. The molecule has 1 aromatic rings. The number of carbonyl (C=O) groups is 2. The summed E-state index contributed by atoms with van der Waals surface area (Å²) in [5, 5.41) is 9.42. The van der Waals surface area contributed by atoms with Crippen LogP contribution >= 0.6 is 12.4 Å². The van der Waals surface area contributed by atoms with Crippen LogP contribution in [-0.2, 0) is 16.1 Å².